The van der Waals surface area contributed by atoms with Crippen LogP contribution in [0.1, 0.15) is 12.5 Å². The first-order valence-corrected chi connectivity index (χ1v) is 7.89. The van der Waals surface area contributed by atoms with Crippen LogP contribution in [0, 0.1) is 6.92 Å². The summed E-state index contributed by atoms with van der Waals surface area (Å²) in [5.74, 6) is -1.03. The van der Waals surface area contributed by atoms with E-state index >= 15 is 0 Å². The van der Waals surface area contributed by atoms with Crippen LogP contribution in [0.5, 0.6) is 0 Å². The number of hydrogen-bond donors (Lipinski definition) is 1. The molecule has 2 amide bonds. The lowest BCUT2D eigenvalue weighted by Crippen LogP contribution is -2.51. The molecular weight excluding hydrogens is 334 g/mol. The van der Waals surface area contributed by atoms with Gasteiger partial charge in [-0.3, -0.25) is 9.59 Å². The highest BCUT2D eigenvalue weighted by atomic mass is 79.9. The number of piperazine rings is 1. The maximum absolute atomic E-state index is 12.1. The molecule has 1 heterocycles. The van der Waals surface area contributed by atoms with E-state index in [1.807, 2.05) is 13.0 Å². The van der Waals surface area contributed by atoms with Crippen LogP contribution in [0.25, 0.3) is 0 Å². The van der Waals surface area contributed by atoms with E-state index in [1.54, 1.807) is 17.0 Å². The molecule has 0 saturated carbocycles. The summed E-state index contributed by atoms with van der Waals surface area (Å²) in [7, 11) is 0. The lowest BCUT2D eigenvalue weighted by molar-refractivity contribution is -0.144. The number of anilines is 1. The number of amides is 2. The number of nitrogens with one attached hydrogen (secondary N) is 1. The van der Waals surface area contributed by atoms with Gasteiger partial charge in [0.05, 0.1) is 0 Å². The fourth-order valence-corrected chi connectivity index (χ4v) is 2.64. The molecule has 1 N–H and O–H groups in total. The second kappa shape index (κ2) is 7.04. The highest BCUT2D eigenvalue weighted by Gasteiger charge is 2.25. The molecule has 1 aliphatic rings. The third kappa shape index (κ3) is 4.04. The van der Waals surface area contributed by atoms with Crippen LogP contribution < -0.4 is 5.32 Å². The van der Waals surface area contributed by atoms with Crippen LogP contribution in [-0.2, 0) is 9.59 Å². The molecule has 0 bridgehead atoms. The Hall–Kier alpha value is -1.40. The first-order chi connectivity index (χ1) is 10.0. The summed E-state index contributed by atoms with van der Waals surface area (Å²) in [6.45, 7) is 7.91. The predicted octanol–water partition coefficient (Wildman–Crippen LogP) is 1.86. The Morgan fingerprint density at radius 1 is 1.24 bits per heavy atom. The molecule has 0 unspecified atom stereocenters. The first-order valence-electron chi connectivity index (χ1n) is 7.10. The van der Waals surface area contributed by atoms with Gasteiger partial charge >= 0.3 is 11.8 Å². The van der Waals surface area contributed by atoms with Crippen molar-refractivity contribution in [3.8, 4) is 0 Å². The molecule has 114 valence electrons. The first kappa shape index (κ1) is 16.0. The fraction of sp³-hybridized carbons (Fsp3) is 0.467. The molecule has 21 heavy (non-hydrogen) atoms. The van der Waals surface area contributed by atoms with E-state index in [4.69, 9.17) is 0 Å². The minimum Gasteiger partial charge on any atom is -0.332 e. The normalized spacial score (nSPS) is 15.9. The summed E-state index contributed by atoms with van der Waals surface area (Å²) in [6, 6.07) is 5.49. The fourth-order valence-electron chi connectivity index (χ4n) is 2.27. The van der Waals surface area contributed by atoms with Crippen molar-refractivity contribution < 1.29 is 9.59 Å². The van der Waals surface area contributed by atoms with Gasteiger partial charge in [0.2, 0.25) is 0 Å². The smallest absolute Gasteiger partial charge is 0.313 e. The molecule has 1 aliphatic heterocycles. The van der Waals surface area contributed by atoms with E-state index in [1.165, 1.54) is 0 Å². The zero-order valence-corrected chi connectivity index (χ0v) is 13.9. The van der Waals surface area contributed by atoms with Gasteiger partial charge in [-0.2, -0.15) is 0 Å². The van der Waals surface area contributed by atoms with E-state index in [0.29, 0.717) is 18.8 Å². The number of hydrogen-bond acceptors (Lipinski definition) is 3. The Morgan fingerprint density at radius 3 is 2.48 bits per heavy atom. The van der Waals surface area contributed by atoms with E-state index in [0.717, 1.165) is 29.7 Å². The van der Waals surface area contributed by atoms with Gasteiger partial charge in [-0.05, 0) is 31.2 Å². The highest BCUT2D eigenvalue weighted by Crippen LogP contribution is 2.20. The maximum atomic E-state index is 12.1. The van der Waals surface area contributed by atoms with Gasteiger partial charge < -0.3 is 15.1 Å². The van der Waals surface area contributed by atoms with Crippen molar-refractivity contribution in [3.05, 3.63) is 28.2 Å². The average Bonchev–Trinajstić information content (AvgIpc) is 2.50. The largest absolute Gasteiger partial charge is 0.332 e. The Bertz CT molecular complexity index is 540. The molecule has 0 aliphatic carbocycles. The number of benzene rings is 1. The van der Waals surface area contributed by atoms with Crippen molar-refractivity contribution in [3.63, 3.8) is 0 Å². The van der Waals surface area contributed by atoms with Gasteiger partial charge in [0, 0.05) is 36.3 Å². The molecule has 1 fully saturated rings. The van der Waals surface area contributed by atoms with Gasteiger partial charge in [0.25, 0.3) is 0 Å². The third-order valence-corrected chi connectivity index (χ3v) is 4.58. The summed E-state index contributed by atoms with van der Waals surface area (Å²) in [5, 5.41) is 2.66. The lowest BCUT2D eigenvalue weighted by Gasteiger charge is -2.33. The molecule has 1 aromatic carbocycles. The summed E-state index contributed by atoms with van der Waals surface area (Å²) in [4.78, 5) is 28.0. The van der Waals surface area contributed by atoms with Crippen LogP contribution in [0.2, 0.25) is 0 Å². The van der Waals surface area contributed by atoms with Gasteiger partial charge in [-0.25, -0.2) is 0 Å². The predicted molar refractivity (Wildman–Crippen MR) is 86.2 cm³/mol. The van der Waals surface area contributed by atoms with Crippen LogP contribution in [0.15, 0.2) is 22.7 Å². The molecule has 0 spiro atoms. The molecule has 2 rings (SSSR count). The number of carbonyl (C=O) groups is 2. The number of carbonyl (C=O) groups excluding carboxylic acids is 2. The maximum Gasteiger partial charge on any atom is 0.313 e. The Balaban J connectivity index is 1.93. The molecule has 6 heteroatoms. The number of nitrogens with zero attached hydrogens (tertiary/aromatic N) is 2. The molecule has 1 saturated heterocycles. The summed E-state index contributed by atoms with van der Waals surface area (Å²) in [6.07, 6.45) is 0. The van der Waals surface area contributed by atoms with Crippen molar-refractivity contribution >= 4 is 33.4 Å². The van der Waals surface area contributed by atoms with Crippen molar-refractivity contribution in [2.24, 2.45) is 0 Å². The molecule has 0 atom stereocenters. The molecule has 5 nitrogen and oxygen atoms in total. The molecule has 0 aromatic heterocycles. The van der Waals surface area contributed by atoms with Crippen molar-refractivity contribution in [2.45, 2.75) is 13.8 Å². The van der Waals surface area contributed by atoms with Gasteiger partial charge in [-0.15, -0.1) is 0 Å². The summed E-state index contributed by atoms with van der Waals surface area (Å²) >= 11 is 3.41. The van der Waals surface area contributed by atoms with Crippen LogP contribution in [0.3, 0.4) is 0 Å². The van der Waals surface area contributed by atoms with Gasteiger partial charge in [-0.1, -0.05) is 28.9 Å². The number of rotatable bonds is 2. The lowest BCUT2D eigenvalue weighted by atomic mass is 10.2. The van der Waals surface area contributed by atoms with E-state index in [-0.39, 0.29) is 0 Å². The average molecular weight is 354 g/mol. The third-order valence-electron chi connectivity index (χ3n) is 3.73. The SMILES string of the molecule is CCN1CCN(C(=O)C(=O)Nc2ccc(C)c(Br)c2)CC1. The van der Waals surface area contributed by atoms with E-state index in [2.05, 4.69) is 33.1 Å². The van der Waals surface area contributed by atoms with Crippen LogP contribution in [0.4, 0.5) is 5.69 Å². The van der Waals surface area contributed by atoms with Crippen molar-refractivity contribution in [1.82, 2.24) is 9.80 Å². The van der Waals surface area contributed by atoms with Crippen LogP contribution >= 0.6 is 15.9 Å². The number of halogens is 1. The van der Waals surface area contributed by atoms with Crippen molar-refractivity contribution in [1.29, 1.82) is 0 Å². The van der Waals surface area contributed by atoms with Gasteiger partial charge in [0.1, 0.15) is 0 Å². The minimum absolute atomic E-state index is 0.456. The number of aryl methyl sites for hydroxylation is 1. The second-order valence-corrected chi connectivity index (χ2v) is 6.00. The van der Waals surface area contributed by atoms with Gasteiger partial charge in [0.15, 0.2) is 0 Å². The zero-order chi connectivity index (χ0) is 15.4. The summed E-state index contributed by atoms with van der Waals surface area (Å²) < 4.78 is 0.907. The Kier molecular flexibility index (Phi) is 5.36. The Labute approximate surface area is 133 Å². The van der Waals surface area contributed by atoms with E-state index in [9.17, 15) is 9.59 Å². The highest BCUT2D eigenvalue weighted by molar-refractivity contribution is 9.10. The standard InChI is InChI=1S/C15H20BrN3O2/c1-3-18-6-8-19(9-7-18)15(21)14(20)17-12-5-4-11(2)13(16)10-12/h4-5,10H,3,6-9H2,1-2H3,(H,17,20). The topological polar surface area (TPSA) is 52.7 Å². The molecule has 0 radical (unpaired) electrons. The second-order valence-electron chi connectivity index (χ2n) is 5.14. The zero-order valence-electron chi connectivity index (χ0n) is 12.4. The summed E-state index contributed by atoms with van der Waals surface area (Å²) in [5.41, 5.74) is 1.70. The monoisotopic (exact) mass is 353 g/mol. The minimum atomic E-state index is -0.573. The molecule has 1 aromatic rings. The van der Waals surface area contributed by atoms with E-state index < -0.39 is 11.8 Å². The van der Waals surface area contributed by atoms with Crippen molar-refractivity contribution in [2.75, 3.05) is 38.0 Å². The molecular formula is C15H20BrN3O2. The number of likely N-dealkylation sites (N-methyl/N-ethyl adjacent to an activating group) is 1. The van der Waals surface area contributed by atoms with Crippen LogP contribution in [-0.4, -0.2) is 54.3 Å². The quantitative estimate of drug-likeness (QED) is 0.825. The Morgan fingerprint density at radius 2 is 1.90 bits per heavy atom.